The molecule has 6 heteroatoms. The van der Waals surface area contributed by atoms with Gasteiger partial charge in [-0.05, 0) is 12.6 Å². The third-order valence-electron chi connectivity index (χ3n) is 2.35. The summed E-state index contributed by atoms with van der Waals surface area (Å²) in [6.07, 6.45) is -4.28. The maximum absolute atomic E-state index is 13.5. The molecule has 1 rings (SSSR count). The van der Waals surface area contributed by atoms with E-state index >= 15 is 0 Å². The highest BCUT2D eigenvalue weighted by Crippen LogP contribution is 2.20. The monoisotopic (exact) mass is 250 g/mol. The molecule has 96 valence electrons. The molecule has 0 unspecified atom stereocenters. The van der Waals surface area contributed by atoms with Crippen molar-refractivity contribution < 1.29 is 17.6 Å². The number of hydrogen-bond donors (Lipinski definition) is 1. The van der Waals surface area contributed by atoms with Crippen LogP contribution in [0.5, 0.6) is 0 Å². The van der Waals surface area contributed by atoms with E-state index in [-0.39, 0.29) is 24.3 Å². The third kappa shape index (κ3) is 4.22. The molecule has 0 aliphatic carbocycles. The average molecular weight is 250 g/mol. The van der Waals surface area contributed by atoms with E-state index in [0.29, 0.717) is 0 Å². The van der Waals surface area contributed by atoms with Gasteiger partial charge in [0.1, 0.15) is 0 Å². The predicted octanol–water partition coefficient (Wildman–Crippen LogP) is 2.79. The van der Waals surface area contributed by atoms with Crippen molar-refractivity contribution in [1.82, 2.24) is 4.90 Å². The summed E-state index contributed by atoms with van der Waals surface area (Å²) in [5, 5.41) is 0. The highest BCUT2D eigenvalue weighted by atomic mass is 19.4. The van der Waals surface area contributed by atoms with Crippen LogP contribution in [0.4, 0.5) is 23.2 Å². The SMILES string of the molecule is CCN(Cc1cccc(N)c1F)CC(F)(F)F. The van der Waals surface area contributed by atoms with E-state index in [1.807, 2.05) is 0 Å². The normalized spacial score (nSPS) is 12.1. The fraction of sp³-hybridized carbons (Fsp3) is 0.455. The second-order valence-electron chi connectivity index (χ2n) is 3.74. The fourth-order valence-corrected chi connectivity index (χ4v) is 1.50. The molecule has 1 aromatic rings. The molecule has 0 bridgehead atoms. The van der Waals surface area contributed by atoms with Crippen molar-refractivity contribution in [2.24, 2.45) is 0 Å². The van der Waals surface area contributed by atoms with Gasteiger partial charge >= 0.3 is 6.18 Å². The van der Waals surface area contributed by atoms with Crippen LogP contribution in [0.1, 0.15) is 12.5 Å². The van der Waals surface area contributed by atoms with Crippen molar-refractivity contribution in [3.05, 3.63) is 29.6 Å². The molecule has 0 aliphatic rings. The Hall–Kier alpha value is -1.30. The Kier molecular flexibility index (Phi) is 4.34. The van der Waals surface area contributed by atoms with Gasteiger partial charge in [0, 0.05) is 12.1 Å². The van der Waals surface area contributed by atoms with Crippen LogP contribution in [-0.2, 0) is 6.54 Å². The zero-order valence-electron chi connectivity index (χ0n) is 9.39. The highest BCUT2D eigenvalue weighted by Gasteiger charge is 2.30. The minimum atomic E-state index is -4.28. The molecule has 2 N–H and O–H groups in total. The van der Waals surface area contributed by atoms with E-state index in [1.54, 1.807) is 6.92 Å². The van der Waals surface area contributed by atoms with Crippen LogP contribution in [0.2, 0.25) is 0 Å². The Morgan fingerprint density at radius 2 is 1.94 bits per heavy atom. The van der Waals surface area contributed by atoms with Crippen LogP contribution >= 0.6 is 0 Å². The number of benzene rings is 1. The summed E-state index contributed by atoms with van der Waals surface area (Å²) in [5.74, 6) is -0.645. The first kappa shape index (κ1) is 13.8. The van der Waals surface area contributed by atoms with Gasteiger partial charge in [0.2, 0.25) is 0 Å². The molecule has 0 aliphatic heterocycles. The summed E-state index contributed by atoms with van der Waals surface area (Å²) in [7, 11) is 0. The number of hydrogen-bond acceptors (Lipinski definition) is 2. The third-order valence-corrected chi connectivity index (χ3v) is 2.35. The van der Waals surface area contributed by atoms with Gasteiger partial charge in [0.05, 0.1) is 12.2 Å². The van der Waals surface area contributed by atoms with E-state index in [1.165, 1.54) is 18.2 Å². The topological polar surface area (TPSA) is 29.3 Å². The van der Waals surface area contributed by atoms with Gasteiger partial charge in [-0.15, -0.1) is 0 Å². The minimum absolute atomic E-state index is 0.0504. The van der Waals surface area contributed by atoms with E-state index in [9.17, 15) is 17.6 Å². The Labute approximate surface area is 97.0 Å². The molecule has 0 fully saturated rings. The maximum Gasteiger partial charge on any atom is 0.401 e. The number of nitrogens with zero attached hydrogens (tertiary/aromatic N) is 1. The van der Waals surface area contributed by atoms with Gasteiger partial charge in [-0.2, -0.15) is 13.2 Å². The van der Waals surface area contributed by atoms with Crippen LogP contribution in [0.25, 0.3) is 0 Å². The quantitative estimate of drug-likeness (QED) is 0.657. The van der Waals surface area contributed by atoms with Crippen molar-refractivity contribution in [1.29, 1.82) is 0 Å². The number of nitrogen functional groups attached to an aromatic ring is 1. The van der Waals surface area contributed by atoms with Gasteiger partial charge in [-0.3, -0.25) is 4.90 Å². The lowest BCUT2D eigenvalue weighted by molar-refractivity contribution is -0.146. The molecular weight excluding hydrogens is 236 g/mol. The highest BCUT2D eigenvalue weighted by molar-refractivity contribution is 5.42. The maximum atomic E-state index is 13.5. The van der Waals surface area contributed by atoms with Crippen LogP contribution in [0.15, 0.2) is 18.2 Å². The first-order valence-electron chi connectivity index (χ1n) is 5.15. The zero-order chi connectivity index (χ0) is 13.1. The lowest BCUT2D eigenvalue weighted by Gasteiger charge is -2.22. The van der Waals surface area contributed by atoms with Crippen LogP contribution in [-0.4, -0.2) is 24.2 Å². The second kappa shape index (κ2) is 5.35. The van der Waals surface area contributed by atoms with Gasteiger partial charge in [-0.1, -0.05) is 19.1 Å². The summed E-state index contributed by atoms with van der Waals surface area (Å²) in [6, 6.07) is 4.33. The van der Waals surface area contributed by atoms with Crippen LogP contribution < -0.4 is 5.73 Å². The lowest BCUT2D eigenvalue weighted by Crippen LogP contribution is -2.33. The predicted molar refractivity (Wildman–Crippen MR) is 57.8 cm³/mol. The number of alkyl halides is 3. The standard InChI is InChI=1S/C11H14F4N2/c1-2-17(7-11(13,14)15)6-8-4-3-5-9(16)10(8)12/h3-5H,2,6-7,16H2,1H3. The molecule has 0 spiro atoms. The second-order valence-corrected chi connectivity index (χ2v) is 3.74. The number of nitrogens with two attached hydrogens (primary N) is 1. The minimum Gasteiger partial charge on any atom is -0.396 e. The van der Waals surface area contributed by atoms with Crippen molar-refractivity contribution in [2.75, 3.05) is 18.8 Å². The molecule has 0 saturated heterocycles. The van der Waals surface area contributed by atoms with Crippen molar-refractivity contribution in [2.45, 2.75) is 19.6 Å². The lowest BCUT2D eigenvalue weighted by atomic mass is 10.1. The molecule has 1 aromatic carbocycles. The van der Waals surface area contributed by atoms with E-state index < -0.39 is 18.5 Å². The molecule has 0 amide bonds. The first-order valence-corrected chi connectivity index (χ1v) is 5.15. The van der Waals surface area contributed by atoms with Gasteiger partial charge in [0.25, 0.3) is 0 Å². The van der Waals surface area contributed by atoms with Gasteiger partial charge < -0.3 is 5.73 Å². The zero-order valence-corrected chi connectivity index (χ0v) is 9.39. The average Bonchev–Trinajstić information content (AvgIpc) is 2.21. The van der Waals surface area contributed by atoms with Gasteiger partial charge in [-0.25, -0.2) is 4.39 Å². The summed E-state index contributed by atoms with van der Waals surface area (Å²) in [5.41, 5.74) is 5.48. The summed E-state index contributed by atoms with van der Waals surface area (Å²) >= 11 is 0. The Bertz CT molecular complexity index is 376. The summed E-state index contributed by atoms with van der Waals surface area (Å²) in [6.45, 7) is 0.619. The van der Waals surface area contributed by atoms with Gasteiger partial charge in [0.15, 0.2) is 5.82 Å². The molecule has 0 aromatic heterocycles. The summed E-state index contributed by atoms with van der Waals surface area (Å²) in [4.78, 5) is 1.11. The number of anilines is 1. The molecular formula is C11H14F4N2. The van der Waals surface area contributed by atoms with Crippen molar-refractivity contribution >= 4 is 5.69 Å². The Morgan fingerprint density at radius 3 is 2.47 bits per heavy atom. The van der Waals surface area contributed by atoms with E-state index in [2.05, 4.69) is 0 Å². The fourth-order valence-electron chi connectivity index (χ4n) is 1.50. The van der Waals surface area contributed by atoms with Crippen LogP contribution in [0, 0.1) is 5.82 Å². The molecule has 2 nitrogen and oxygen atoms in total. The number of halogens is 4. The largest absolute Gasteiger partial charge is 0.401 e. The summed E-state index contributed by atoms with van der Waals surface area (Å²) < 4.78 is 50.1. The Balaban J connectivity index is 2.77. The Morgan fingerprint density at radius 1 is 1.29 bits per heavy atom. The van der Waals surface area contributed by atoms with Crippen molar-refractivity contribution in [3.8, 4) is 0 Å². The van der Waals surface area contributed by atoms with Crippen molar-refractivity contribution in [3.63, 3.8) is 0 Å². The smallest absolute Gasteiger partial charge is 0.396 e. The molecule has 17 heavy (non-hydrogen) atoms. The number of rotatable bonds is 4. The van der Waals surface area contributed by atoms with E-state index in [4.69, 9.17) is 5.73 Å². The first-order chi connectivity index (χ1) is 7.83. The molecule has 0 saturated carbocycles. The van der Waals surface area contributed by atoms with E-state index in [0.717, 1.165) is 4.90 Å². The molecule has 0 atom stereocenters. The van der Waals surface area contributed by atoms with Crippen LogP contribution in [0.3, 0.4) is 0 Å². The molecule has 0 radical (unpaired) electrons. The molecule has 0 heterocycles.